The van der Waals surface area contributed by atoms with Crippen LogP contribution >= 0.6 is 0 Å². The van der Waals surface area contributed by atoms with Gasteiger partial charge in [-0.1, -0.05) is 30.3 Å². The molecule has 1 unspecified atom stereocenters. The third kappa shape index (κ3) is 3.06. The molecule has 0 radical (unpaired) electrons. The van der Waals surface area contributed by atoms with Crippen LogP contribution < -0.4 is 5.32 Å². The van der Waals surface area contributed by atoms with Gasteiger partial charge in [0, 0.05) is 23.6 Å². The van der Waals surface area contributed by atoms with Crippen molar-refractivity contribution in [1.29, 1.82) is 0 Å². The standard InChI is InChI=1S/C18H17N3O/c1-14(20-18(22)16-5-3-2-4-6-16)15-7-9-17(10-8-15)21-12-11-19-13-21/h2-14H,1H3,(H,20,22). The average molecular weight is 291 g/mol. The first-order chi connectivity index (χ1) is 10.7. The Balaban J connectivity index is 1.70. The van der Waals surface area contributed by atoms with E-state index >= 15 is 0 Å². The van der Waals surface area contributed by atoms with Crippen LogP contribution in [0.5, 0.6) is 0 Å². The molecule has 3 rings (SSSR count). The first-order valence-electron chi connectivity index (χ1n) is 7.18. The van der Waals surface area contributed by atoms with Gasteiger partial charge in [-0.05, 0) is 36.8 Å². The quantitative estimate of drug-likeness (QED) is 0.801. The Bertz CT molecular complexity index is 734. The molecular weight excluding hydrogens is 274 g/mol. The second kappa shape index (κ2) is 6.26. The maximum atomic E-state index is 12.2. The van der Waals surface area contributed by atoms with Crippen LogP contribution in [0.25, 0.3) is 5.69 Å². The summed E-state index contributed by atoms with van der Waals surface area (Å²) < 4.78 is 1.94. The van der Waals surface area contributed by atoms with E-state index in [4.69, 9.17) is 0 Å². The molecule has 0 saturated carbocycles. The number of rotatable bonds is 4. The minimum absolute atomic E-state index is 0.0513. The largest absolute Gasteiger partial charge is 0.346 e. The van der Waals surface area contributed by atoms with Crippen molar-refractivity contribution in [3.8, 4) is 5.69 Å². The summed E-state index contributed by atoms with van der Waals surface area (Å²) in [7, 11) is 0. The van der Waals surface area contributed by atoms with Crippen molar-refractivity contribution in [2.75, 3.05) is 0 Å². The fraction of sp³-hybridized carbons (Fsp3) is 0.111. The predicted octanol–water partition coefficient (Wildman–Crippen LogP) is 3.36. The predicted molar refractivity (Wildman–Crippen MR) is 85.9 cm³/mol. The lowest BCUT2D eigenvalue weighted by molar-refractivity contribution is 0.0940. The zero-order valence-corrected chi connectivity index (χ0v) is 12.3. The van der Waals surface area contributed by atoms with Gasteiger partial charge < -0.3 is 9.88 Å². The van der Waals surface area contributed by atoms with Gasteiger partial charge in [-0.2, -0.15) is 0 Å². The van der Waals surface area contributed by atoms with Gasteiger partial charge in [0.15, 0.2) is 0 Å². The van der Waals surface area contributed by atoms with Crippen LogP contribution in [-0.2, 0) is 0 Å². The normalized spacial score (nSPS) is 11.9. The van der Waals surface area contributed by atoms with E-state index in [1.54, 1.807) is 12.5 Å². The van der Waals surface area contributed by atoms with Gasteiger partial charge in [0.05, 0.1) is 12.4 Å². The molecule has 1 amide bonds. The van der Waals surface area contributed by atoms with Crippen LogP contribution in [0.4, 0.5) is 0 Å². The van der Waals surface area contributed by atoms with Crippen molar-refractivity contribution in [3.63, 3.8) is 0 Å². The zero-order valence-electron chi connectivity index (χ0n) is 12.3. The van der Waals surface area contributed by atoms with Gasteiger partial charge in [0.2, 0.25) is 0 Å². The summed E-state index contributed by atoms with van der Waals surface area (Å²) in [6, 6.07) is 17.3. The first kappa shape index (κ1) is 14.1. The molecule has 1 aromatic heterocycles. The van der Waals surface area contributed by atoms with Crippen LogP contribution in [0.1, 0.15) is 28.9 Å². The lowest BCUT2D eigenvalue weighted by Crippen LogP contribution is -2.26. The van der Waals surface area contributed by atoms with E-state index in [1.807, 2.05) is 72.3 Å². The highest BCUT2D eigenvalue weighted by Gasteiger charge is 2.11. The van der Waals surface area contributed by atoms with Gasteiger partial charge >= 0.3 is 0 Å². The monoisotopic (exact) mass is 291 g/mol. The third-order valence-electron chi connectivity index (χ3n) is 3.58. The lowest BCUT2D eigenvalue weighted by Gasteiger charge is -2.15. The highest BCUT2D eigenvalue weighted by atomic mass is 16.1. The van der Waals surface area contributed by atoms with Gasteiger partial charge in [0.1, 0.15) is 0 Å². The number of hydrogen-bond acceptors (Lipinski definition) is 2. The first-order valence-corrected chi connectivity index (χ1v) is 7.18. The van der Waals surface area contributed by atoms with Crippen LogP contribution in [0, 0.1) is 0 Å². The molecule has 0 aliphatic rings. The smallest absolute Gasteiger partial charge is 0.251 e. The molecule has 2 aromatic carbocycles. The number of imidazole rings is 1. The zero-order chi connectivity index (χ0) is 15.4. The Labute approximate surface area is 129 Å². The molecule has 0 aliphatic carbocycles. The molecule has 1 atom stereocenters. The number of aromatic nitrogens is 2. The molecule has 0 saturated heterocycles. The molecule has 4 nitrogen and oxygen atoms in total. The number of carbonyl (C=O) groups excluding carboxylic acids is 1. The van der Waals surface area contributed by atoms with E-state index < -0.39 is 0 Å². The summed E-state index contributed by atoms with van der Waals surface area (Å²) >= 11 is 0. The number of amides is 1. The molecule has 3 aromatic rings. The van der Waals surface area contributed by atoms with Crippen molar-refractivity contribution < 1.29 is 4.79 Å². The summed E-state index contributed by atoms with van der Waals surface area (Å²) in [5.41, 5.74) is 2.78. The fourth-order valence-corrected chi connectivity index (χ4v) is 2.30. The van der Waals surface area contributed by atoms with Crippen LogP contribution in [0.2, 0.25) is 0 Å². The van der Waals surface area contributed by atoms with Gasteiger partial charge in [0.25, 0.3) is 5.91 Å². The summed E-state index contributed by atoms with van der Waals surface area (Å²) in [5, 5.41) is 3.01. The van der Waals surface area contributed by atoms with E-state index in [0.717, 1.165) is 11.3 Å². The van der Waals surface area contributed by atoms with Crippen molar-refractivity contribution in [3.05, 3.63) is 84.4 Å². The maximum Gasteiger partial charge on any atom is 0.251 e. The number of nitrogens with zero attached hydrogens (tertiary/aromatic N) is 2. The molecular formula is C18H17N3O. The van der Waals surface area contributed by atoms with Crippen molar-refractivity contribution >= 4 is 5.91 Å². The van der Waals surface area contributed by atoms with Gasteiger partial charge in [-0.3, -0.25) is 4.79 Å². The van der Waals surface area contributed by atoms with Gasteiger partial charge in [-0.15, -0.1) is 0 Å². The van der Waals surface area contributed by atoms with E-state index in [-0.39, 0.29) is 11.9 Å². The summed E-state index contributed by atoms with van der Waals surface area (Å²) in [6.45, 7) is 1.98. The highest BCUT2D eigenvalue weighted by molar-refractivity contribution is 5.94. The van der Waals surface area contributed by atoms with Crippen molar-refractivity contribution in [2.45, 2.75) is 13.0 Å². The minimum Gasteiger partial charge on any atom is -0.346 e. The third-order valence-corrected chi connectivity index (χ3v) is 3.58. The number of nitrogens with one attached hydrogen (secondary N) is 1. The highest BCUT2D eigenvalue weighted by Crippen LogP contribution is 2.16. The van der Waals surface area contributed by atoms with Crippen LogP contribution in [-0.4, -0.2) is 15.5 Å². The second-order valence-electron chi connectivity index (χ2n) is 5.12. The molecule has 1 N–H and O–H groups in total. The minimum atomic E-state index is -0.0632. The van der Waals surface area contributed by atoms with Crippen molar-refractivity contribution in [2.24, 2.45) is 0 Å². The molecule has 0 spiro atoms. The van der Waals surface area contributed by atoms with E-state index in [2.05, 4.69) is 10.3 Å². The lowest BCUT2D eigenvalue weighted by atomic mass is 10.1. The second-order valence-corrected chi connectivity index (χ2v) is 5.12. The summed E-state index contributed by atoms with van der Waals surface area (Å²) in [4.78, 5) is 16.2. The molecule has 0 fully saturated rings. The molecule has 110 valence electrons. The fourth-order valence-electron chi connectivity index (χ4n) is 2.30. The molecule has 22 heavy (non-hydrogen) atoms. The maximum absolute atomic E-state index is 12.2. The SMILES string of the molecule is CC(NC(=O)c1ccccc1)c1ccc(-n2ccnc2)cc1. The molecule has 1 heterocycles. The Morgan fingerprint density at radius 2 is 1.82 bits per heavy atom. The number of hydrogen-bond donors (Lipinski definition) is 1. The van der Waals surface area contributed by atoms with Crippen LogP contribution in [0.3, 0.4) is 0 Å². The Hall–Kier alpha value is -2.88. The molecule has 4 heteroatoms. The van der Waals surface area contributed by atoms with E-state index in [1.165, 1.54) is 0 Å². The van der Waals surface area contributed by atoms with Crippen molar-refractivity contribution in [1.82, 2.24) is 14.9 Å². The number of benzene rings is 2. The average Bonchev–Trinajstić information content (AvgIpc) is 3.10. The Kier molecular flexibility index (Phi) is 4.01. The summed E-state index contributed by atoms with van der Waals surface area (Å²) in [6.07, 6.45) is 5.40. The Morgan fingerprint density at radius 3 is 2.45 bits per heavy atom. The van der Waals surface area contributed by atoms with Crippen LogP contribution in [0.15, 0.2) is 73.3 Å². The summed E-state index contributed by atoms with van der Waals surface area (Å²) in [5.74, 6) is -0.0632. The Morgan fingerprint density at radius 1 is 1.09 bits per heavy atom. The molecule has 0 aliphatic heterocycles. The van der Waals surface area contributed by atoms with E-state index in [0.29, 0.717) is 5.56 Å². The van der Waals surface area contributed by atoms with Gasteiger partial charge in [-0.25, -0.2) is 4.98 Å². The molecule has 0 bridgehead atoms. The number of carbonyl (C=O) groups is 1. The van der Waals surface area contributed by atoms with E-state index in [9.17, 15) is 4.79 Å². The topological polar surface area (TPSA) is 46.9 Å².